The molecule has 3 aromatic rings. The molecule has 2 atom stereocenters. The molecule has 1 aliphatic heterocycles. The van der Waals surface area contributed by atoms with Crippen molar-refractivity contribution in [3.63, 3.8) is 0 Å². The van der Waals surface area contributed by atoms with Crippen molar-refractivity contribution in [1.82, 2.24) is 0 Å². The molecule has 1 aromatic heterocycles. The van der Waals surface area contributed by atoms with Crippen LogP contribution in [0.5, 0.6) is 0 Å². The van der Waals surface area contributed by atoms with Gasteiger partial charge in [0.05, 0.1) is 6.04 Å². The van der Waals surface area contributed by atoms with Crippen LogP contribution in [0.4, 0.5) is 5.69 Å². The van der Waals surface area contributed by atoms with E-state index in [-0.39, 0.29) is 11.8 Å². The summed E-state index contributed by atoms with van der Waals surface area (Å²) in [6.45, 7) is 5.79. The van der Waals surface area contributed by atoms with Gasteiger partial charge in [0.15, 0.2) is 5.78 Å². The topological polar surface area (TPSA) is 44.4 Å². The molecule has 5 rings (SSSR count). The number of aliphatic hydroxyl groups is 1. The molecule has 0 amide bonds. The number of hydrogen-bond acceptors (Lipinski definition) is 3. The van der Waals surface area contributed by atoms with Crippen LogP contribution in [0.2, 0.25) is 0 Å². The van der Waals surface area contributed by atoms with Gasteiger partial charge in [-0.1, -0.05) is 42.5 Å². The lowest BCUT2D eigenvalue weighted by atomic mass is 9.79. The average Bonchev–Trinajstić information content (AvgIpc) is 2.84. The van der Waals surface area contributed by atoms with Crippen LogP contribution in [0.15, 0.2) is 84.0 Å². The summed E-state index contributed by atoms with van der Waals surface area (Å²) in [4.78, 5) is 15.3. The van der Waals surface area contributed by atoms with E-state index in [9.17, 15) is 9.90 Å². The van der Waals surface area contributed by atoms with E-state index in [0.29, 0.717) is 11.1 Å². The molecule has 2 aliphatic rings. The maximum Gasteiger partial charge on any atom is 0.212 e. The molecule has 0 saturated heterocycles. The minimum atomic E-state index is -0.858. The Morgan fingerprint density at radius 2 is 1.78 bits per heavy atom. The predicted octanol–water partition coefficient (Wildman–Crippen LogP) is 4.32. The van der Waals surface area contributed by atoms with Crippen LogP contribution in [-0.2, 0) is 11.3 Å². The molecule has 160 valence electrons. The van der Waals surface area contributed by atoms with Crippen LogP contribution in [0.25, 0.3) is 23.1 Å². The summed E-state index contributed by atoms with van der Waals surface area (Å²) in [5.74, 6) is -0.0726. The molecule has 4 heteroatoms. The highest BCUT2D eigenvalue weighted by Gasteiger charge is 2.40. The zero-order valence-electron chi connectivity index (χ0n) is 18.4. The molecule has 2 aromatic carbocycles. The van der Waals surface area contributed by atoms with Crippen LogP contribution in [0.3, 0.4) is 0 Å². The van der Waals surface area contributed by atoms with Crippen molar-refractivity contribution in [3.8, 4) is 0 Å². The maximum absolute atomic E-state index is 13.0. The number of carbonyl (C=O) groups is 1. The van der Waals surface area contributed by atoms with E-state index in [1.807, 2.05) is 42.5 Å². The number of fused-ring (bicyclic) bond motifs is 2. The van der Waals surface area contributed by atoms with Gasteiger partial charge in [0.25, 0.3) is 0 Å². The Morgan fingerprint density at radius 1 is 1.00 bits per heavy atom. The van der Waals surface area contributed by atoms with Gasteiger partial charge < -0.3 is 10.0 Å². The molecule has 2 unspecified atom stereocenters. The highest BCUT2D eigenvalue weighted by molar-refractivity contribution is 6.20. The van der Waals surface area contributed by atoms with Crippen LogP contribution in [0, 0.1) is 0 Å². The van der Waals surface area contributed by atoms with E-state index in [4.69, 9.17) is 0 Å². The number of hydrogen-bond donors (Lipinski definition) is 1. The fraction of sp³-hybridized carbons (Fsp3) is 0.214. The summed E-state index contributed by atoms with van der Waals surface area (Å²) in [5.41, 5.74) is 5.30. The van der Waals surface area contributed by atoms with Crippen molar-refractivity contribution in [2.75, 3.05) is 11.4 Å². The van der Waals surface area contributed by atoms with Crippen molar-refractivity contribution in [2.45, 2.75) is 32.5 Å². The standard InChI is InChI=1S/C28H27N2O2/c1-3-29-21(15-13-19-9-5-7-11-25(19)29)17-23-27(31)24(28(23)32)18-22-16-14-20-10-6-8-12-26(20)30(22)4-2/h5-18,21,27,31H,3-4H2,1-2H3/q+1. The summed E-state index contributed by atoms with van der Waals surface area (Å²) in [6, 6.07) is 20.5. The lowest BCUT2D eigenvalue weighted by Gasteiger charge is -2.35. The largest absolute Gasteiger partial charge is 0.383 e. The van der Waals surface area contributed by atoms with Gasteiger partial charge in [-0.15, -0.1) is 0 Å². The first-order valence-electron chi connectivity index (χ1n) is 11.2. The number of carbonyl (C=O) groups excluding carboxylic acids is 1. The van der Waals surface area contributed by atoms with Crippen molar-refractivity contribution < 1.29 is 14.5 Å². The Morgan fingerprint density at radius 3 is 2.56 bits per heavy atom. The fourth-order valence-corrected chi connectivity index (χ4v) is 4.80. The Labute approximate surface area is 188 Å². The number of aromatic nitrogens is 1. The van der Waals surface area contributed by atoms with Crippen LogP contribution in [-0.4, -0.2) is 29.6 Å². The van der Waals surface area contributed by atoms with Gasteiger partial charge >= 0.3 is 0 Å². The van der Waals surface area contributed by atoms with E-state index in [0.717, 1.165) is 35.4 Å². The van der Waals surface area contributed by atoms with E-state index < -0.39 is 6.10 Å². The van der Waals surface area contributed by atoms with Crippen LogP contribution >= 0.6 is 0 Å². The number of anilines is 1. The fourth-order valence-electron chi connectivity index (χ4n) is 4.80. The molecule has 1 fully saturated rings. The lowest BCUT2D eigenvalue weighted by molar-refractivity contribution is -0.669. The molecule has 0 radical (unpaired) electrons. The number of nitrogens with zero attached hydrogens (tertiary/aromatic N) is 2. The Hall–Kier alpha value is -3.50. The first-order chi connectivity index (χ1) is 15.6. The van der Waals surface area contributed by atoms with E-state index in [1.165, 1.54) is 5.56 Å². The van der Waals surface area contributed by atoms with Gasteiger partial charge in [-0.05, 0) is 43.7 Å². The van der Waals surface area contributed by atoms with Gasteiger partial charge in [-0.3, -0.25) is 4.79 Å². The number of aryl methyl sites for hydroxylation is 1. The molecular weight excluding hydrogens is 396 g/mol. The van der Waals surface area contributed by atoms with Crippen LogP contribution in [0.1, 0.15) is 25.1 Å². The summed E-state index contributed by atoms with van der Waals surface area (Å²) < 4.78 is 2.17. The van der Waals surface area contributed by atoms with Gasteiger partial charge in [-0.25, -0.2) is 0 Å². The second kappa shape index (κ2) is 8.21. The number of ketones is 1. The number of Topliss-reactive ketones (excluding diaryl/α,β-unsaturated/α-hetero) is 1. The molecule has 4 nitrogen and oxygen atoms in total. The SMILES string of the molecule is CCN1c2ccccc2C=CC1C=C1C(=O)C(=Cc2ccc3ccccc3[n+]2CC)C1O. The Bertz CT molecular complexity index is 1300. The quantitative estimate of drug-likeness (QED) is 0.502. The van der Waals surface area contributed by atoms with E-state index in [2.05, 4.69) is 65.8 Å². The molecule has 32 heavy (non-hydrogen) atoms. The number of likely N-dealkylation sites (N-methyl/N-ethyl adjacent to an activating group) is 1. The monoisotopic (exact) mass is 423 g/mol. The average molecular weight is 424 g/mol. The third-order valence-corrected chi connectivity index (χ3v) is 6.48. The van der Waals surface area contributed by atoms with Crippen molar-refractivity contribution >= 4 is 34.5 Å². The number of aliphatic hydroxyl groups excluding tert-OH is 1. The van der Waals surface area contributed by atoms with E-state index >= 15 is 0 Å². The smallest absolute Gasteiger partial charge is 0.212 e. The van der Waals surface area contributed by atoms with Gasteiger partial charge in [0.1, 0.15) is 12.6 Å². The van der Waals surface area contributed by atoms with Gasteiger partial charge in [0, 0.05) is 47.0 Å². The third kappa shape index (κ3) is 3.28. The first kappa shape index (κ1) is 20.4. The zero-order chi connectivity index (χ0) is 22.2. The molecule has 2 heterocycles. The minimum absolute atomic E-state index is 0.0497. The number of para-hydroxylation sites is 2. The first-order valence-corrected chi connectivity index (χ1v) is 11.2. The lowest BCUT2D eigenvalue weighted by Crippen LogP contribution is -2.42. The summed E-state index contributed by atoms with van der Waals surface area (Å²) in [7, 11) is 0. The third-order valence-electron chi connectivity index (χ3n) is 6.48. The number of rotatable bonds is 4. The highest BCUT2D eigenvalue weighted by atomic mass is 16.3. The minimum Gasteiger partial charge on any atom is -0.383 e. The molecule has 1 saturated carbocycles. The number of pyridine rings is 1. The Balaban J connectivity index is 1.46. The van der Waals surface area contributed by atoms with Crippen molar-refractivity contribution in [2.24, 2.45) is 0 Å². The second-order valence-corrected chi connectivity index (χ2v) is 8.21. The zero-order valence-corrected chi connectivity index (χ0v) is 18.4. The molecule has 1 aliphatic carbocycles. The molecule has 0 bridgehead atoms. The van der Waals surface area contributed by atoms with Gasteiger partial charge in [-0.2, -0.15) is 4.57 Å². The summed E-state index contributed by atoms with van der Waals surface area (Å²) in [6.07, 6.45) is 7.07. The molecule has 0 spiro atoms. The van der Waals surface area contributed by atoms with Gasteiger partial charge in [0.2, 0.25) is 11.2 Å². The second-order valence-electron chi connectivity index (χ2n) is 8.21. The van der Waals surface area contributed by atoms with Crippen LogP contribution < -0.4 is 9.47 Å². The maximum atomic E-state index is 13.0. The Kier molecular flexibility index (Phi) is 5.24. The molecular formula is C28H27N2O2+. The summed E-state index contributed by atoms with van der Waals surface area (Å²) >= 11 is 0. The van der Waals surface area contributed by atoms with Crippen molar-refractivity contribution in [1.29, 1.82) is 0 Å². The normalized spacial score (nSPS) is 22.5. The highest BCUT2D eigenvalue weighted by Crippen LogP contribution is 2.34. The van der Waals surface area contributed by atoms with Crippen molar-refractivity contribution in [3.05, 3.63) is 95.2 Å². The number of benzene rings is 2. The summed E-state index contributed by atoms with van der Waals surface area (Å²) in [5, 5.41) is 12.0. The van der Waals surface area contributed by atoms with E-state index in [1.54, 1.807) is 0 Å². The predicted molar refractivity (Wildman–Crippen MR) is 129 cm³/mol. The molecule has 1 N–H and O–H groups in total.